The summed E-state index contributed by atoms with van der Waals surface area (Å²) >= 11 is 0.977. The smallest absolute Gasteiger partial charge is 0.350 e. The van der Waals surface area contributed by atoms with E-state index >= 15 is 0 Å². The van der Waals surface area contributed by atoms with Gasteiger partial charge in [0.05, 0.1) is 29.3 Å². The Bertz CT molecular complexity index is 1620. The van der Waals surface area contributed by atoms with Gasteiger partial charge >= 0.3 is 5.97 Å². The number of phenols is 1. The van der Waals surface area contributed by atoms with Gasteiger partial charge in [0.2, 0.25) is 5.76 Å². The van der Waals surface area contributed by atoms with Gasteiger partial charge in [0.15, 0.2) is 22.1 Å². The largest absolute Gasteiger partial charge is 0.504 e. The number of aromatic nitrogens is 1. The number of ether oxygens (including phenoxy) is 2. The Hall–Kier alpha value is -4.44. The molecule has 3 heterocycles. The summed E-state index contributed by atoms with van der Waals surface area (Å²) in [6.45, 7) is 7.28. The lowest BCUT2D eigenvalue weighted by molar-refractivity contribution is 0.0554. The van der Waals surface area contributed by atoms with E-state index in [1.54, 1.807) is 50.2 Å². The Labute approximate surface area is 215 Å². The minimum Gasteiger partial charge on any atom is -0.504 e. The topological polar surface area (TPSA) is 119 Å². The second-order valence-electron chi connectivity index (χ2n) is 8.21. The molecular formula is C27H22N2O7S. The number of aryl methyl sites for hydroxylation is 1. The zero-order valence-corrected chi connectivity index (χ0v) is 20.8. The number of fused-ring (bicyclic) bond motifs is 2. The van der Waals surface area contributed by atoms with Gasteiger partial charge in [-0.05, 0) is 43.7 Å². The second-order valence-corrected chi connectivity index (χ2v) is 9.18. The molecule has 0 bridgehead atoms. The zero-order valence-electron chi connectivity index (χ0n) is 20.0. The first-order chi connectivity index (χ1) is 17.8. The molecule has 0 unspecified atom stereocenters. The summed E-state index contributed by atoms with van der Waals surface area (Å²) in [6.07, 6.45) is 1.45. The Morgan fingerprint density at radius 3 is 2.81 bits per heavy atom. The predicted molar refractivity (Wildman–Crippen MR) is 138 cm³/mol. The van der Waals surface area contributed by atoms with Crippen LogP contribution in [-0.2, 0) is 4.74 Å². The van der Waals surface area contributed by atoms with Gasteiger partial charge in [-0.2, -0.15) is 0 Å². The summed E-state index contributed by atoms with van der Waals surface area (Å²) in [5.41, 5.74) is 0.939. The summed E-state index contributed by atoms with van der Waals surface area (Å²) in [5.74, 6) is -1.15. The van der Waals surface area contributed by atoms with Crippen LogP contribution in [0.25, 0.3) is 11.0 Å². The molecule has 2 aromatic heterocycles. The van der Waals surface area contributed by atoms with Crippen molar-refractivity contribution in [3.63, 3.8) is 0 Å². The number of thiazole rings is 1. The lowest BCUT2D eigenvalue weighted by atomic mass is 9.98. The Balaban J connectivity index is 1.72. The second kappa shape index (κ2) is 9.55. The van der Waals surface area contributed by atoms with E-state index in [4.69, 9.17) is 13.9 Å². The molecule has 5 rings (SSSR count). The van der Waals surface area contributed by atoms with Gasteiger partial charge in [-0.15, -0.1) is 0 Å². The molecule has 1 aliphatic heterocycles. The highest BCUT2D eigenvalue weighted by Gasteiger charge is 2.45. The van der Waals surface area contributed by atoms with Gasteiger partial charge in [0, 0.05) is 0 Å². The van der Waals surface area contributed by atoms with E-state index < -0.39 is 17.9 Å². The number of rotatable bonds is 7. The van der Waals surface area contributed by atoms with E-state index in [2.05, 4.69) is 11.6 Å². The molecule has 1 amide bonds. The molecule has 4 aromatic rings. The van der Waals surface area contributed by atoms with Crippen molar-refractivity contribution >= 4 is 39.3 Å². The van der Waals surface area contributed by atoms with Gasteiger partial charge in [-0.3, -0.25) is 14.5 Å². The fourth-order valence-electron chi connectivity index (χ4n) is 4.28. The molecule has 0 saturated heterocycles. The van der Waals surface area contributed by atoms with Gasteiger partial charge in [0.1, 0.15) is 17.1 Å². The molecule has 188 valence electrons. The normalized spacial score (nSPS) is 14.6. The van der Waals surface area contributed by atoms with Gasteiger partial charge < -0.3 is 19.0 Å². The Morgan fingerprint density at radius 2 is 2.05 bits per heavy atom. The van der Waals surface area contributed by atoms with Crippen LogP contribution in [0.5, 0.6) is 11.5 Å². The molecule has 1 atom stereocenters. The maximum absolute atomic E-state index is 13.8. The van der Waals surface area contributed by atoms with E-state index in [1.165, 1.54) is 17.0 Å². The van der Waals surface area contributed by atoms with Gasteiger partial charge in [0.25, 0.3) is 5.91 Å². The highest BCUT2D eigenvalue weighted by molar-refractivity contribution is 7.17. The molecule has 10 heteroatoms. The molecule has 1 N–H and O–H groups in total. The highest BCUT2D eigenvalue weighted by atomic mass is 32.1. The van der Waals surface area contributed by atoms with Crippen LogP contribution in [0.1, 0.15) is 50.0 Å². The molecule has 0 saturated carbocycles. The first kappa shape index (κ1) is 24.3. The third-order valence-corrected chi connectivity index (χ3v) is 7.02. The van der Waals surface area contributed by atoms with Crippen LogP contribution in [0.2, 0.25) is 0 Å². The van der Waals surface area contributed by atoms with Crippen molar-refractivity contribution in [2.45, 2.75) is 19.9 Å². The van der Waals surface area contributed by atoms with Crippen molar-refractivity contribution in [1.82, 2.24) is 4.98 Å². The van der Waals surface area contributed by atoms with Crippen LogP contribution in [0.4, 0.5) is 5.13 Å². The molecule has 0 aliphatic carbocycles. The predicted octanol–water partition coefficient (Wildman–Crippen LogP) is 4.75. The third-order valence-electron chi connectivity index (χ3n) is 5.89. The minimum absolute atomic E-state index is 0.0287. The van der Waals surface area contributed by atoms with Crippen LogP contribution in [0.15, 0.2) is 64.3 Å². The molecule has 37 heavy (non-hydrogen) atoms. The molecular weight excluding hydrogens is 496 g/mol. The van der Waals surface area contributed by atoms with Crippen molar-refractivity contribution in [2.24, 2.45) is 0 Å². The van der Waals surface area contributed by atoms with E-state index in [-0.39, 0.29) is 50.5 Å². The maximum Gasteiger partial charge on any atom is 0.350 e. The summed E-state index contributed by atoms with van der Waals surface area (Å²) in [7, 11) is 0. The molecule has 1 aliphatic rings. The van der Waals surface area contributed by atoms with Crippen LogP contribution in [0, 0.1) is 6.92 Å². The third kappa shape index (κ3) is 4.05. The van der Waals surface area contributed by atoms with Crippen LogP contribution >= 0.6 is 11.3 Å². The standard InChI is InChI=1S/C27H22N2O7S/c1-4-12-35-26(33)24-14(3)28-27(37-24)29-21(15-10-11-17(30)19(13-15)34-5-2)20-22(31)16-8-6-7-9-18(16)36-23(20)25(29)32/h4,6-11,13,21,30H,1,5,12H2,2-3H3/t21-/m0/s1. The number of hydrogen-bond donors (Lipinski definition) is 1. The fourth-order valence-corrected chi connectivity index (χ4v) is 5.27. The average Bonchev–Trinajstić information content (AvgIpc) is 3.41. The minimum atomic E-state index is -0.939. The van der Waals surface area contributed by atoms with Crippen LogP contribution in [-0.4, -0.2) is 35.2 Å². The molecule has 9 nitrogen and oxygen atoms in total. The SMILES string of the molecule is C=CCOC(=O)c1sc(N2C(=O)c3oc4ccccc4c(=O)c3[C@@H]2c2ccc(O)c(OCC)c2)nc1C. The molecule has 0 radical (unpaired) electrons. The maximum atomic E-state index is 13.8. The first-order valence-electron chi connectivity index (χ1n) is 11.5. The van der Waals surface area contributed by atoms with Gasteiger partial charge in [-0.1, -0.05) is 42.2 Å². The van der Waals surface area contributed by atoms with Crippen LogP contribution < -0.4 is 15.1 Å². The quantitative estimate of drug-likeness (QED) is 0.275. The summed E-state index contributed by atoms with van der Waals surface area (Å²) in [5, 5.41) is 10.8. The number of para-hydroxylation sites is 1. The Kier molecular flexibility index (Phi) is 6.26. The number of hydrogen-bond acceptors (Lipinski definition) is 9. The van der Waals surface area contributed by atoms with E-state index in [0.717, 1.165) is 11.3 Å². The van der Waals surface area contributed by atoms with Crippen molar-refractivity contribution in [3.8, 4) is 11.5 Å². The molecule has 2 aromatic carbocycles. The summed E-state index contributed by atoms with van der Waals surface area (Å²) in [6, 6.07) is 10.4. The van der Waals surface area contributed by atoms with Crippen molar-refractivity contribution in [1.29, 1.82) is 0 Å². The van der Waals surface area contributed by atoms with E-state index in [9.17, 15) is 19.5 Å². The number of aromatic hydroxyl groups is 1. The molecule has 0 spiro atoms. The number of benzene rings is 2. The summed E-state index contributed by atoms with van der Waals surface area (Å²) < 4.78 is 16.6. The molecule has 0 fully saturated rings. The summed E-state index contributed by atoms with van der Waals surface area (Å²) in [4.78, 5) is 46.0. The monoisotopic (exact) mass is 518 g/mol. The van der Waals surface area contributed by atoms with Crippen molar-refractivity contribution in [3.05, 3.63) is 92.8 Å². The number of carbonyl (C=O) groups excluding carboxylic acids is 2. The number of anilines is 1. The number of phenolic OH excluding ortho intramolecular Hbond substituents is 1. The van der Waals surface area contributed by atoms with E-state index in [0.29, 0.717) is 23.3 Å². The number of esters is 1. The number of carbonyl (C=O) groups is 2. The Morgan fingerprint density at radius 1 is 1.27 bits per heavy atom. The first-order valence-corrected chi connectivity index (χ1v) is 12.3. The zero-order chi connectivity index (χ0) is 26.3. The number of nitrogens with zero attached hydrogens (tertiary/aromatic N) is 2. The van der Waals surface area contributed by atoms with Crippen LogP contribution in [0.3, 0.4) is 0 Å². The highest BCUT2D eigenvalue weighted by Crippen LogP contribution is 2.44. The van der Waals surface area contributed by atoms with Gasteiger partial charge in [-0.25, -0.2) is 9.78 Å². The van der Waals surface area contributed by atoms with Crippen molar-refractivity contribution in [2.75, 3.05) is 18.1 Å². The fraction of sp³-hybridized carbons (Fsp3) is 0.185. The van der Waals surface area contributed by atoms with E-state index in [1.807, 2.05) is 0 Å². The number of amides is 1. The van der Waals surface area contributed by atoms with Crippen molar-refractivity contribution < 1.29 is 28.6 Å². The average molecular weight is 519 g/mol. The lowest BCUT2D eigenvalue weighted by Crippen LogP contribution is -2.29. The lowest BCUT2D eigenvalue weighted by Gasteiger charge is -2.23.